The Balaban J connectivity index is 2.04. The third kappa shape index (κ3) is 5.69. The molecule has 1 saturated carbocycles. The molecule has 0 radical (unpaired) electrons. The molecule has 0 saturated heterocycles. The molecule has 2 rings (SSSR count). The van der Waals surface area contributed by atoms with Gasteiger partial charge in [0.25, 0.3) is 0 Å². The molecular formula is C20H27Cl2N3O3. The molecular weight excluding hydrogens is 401 g/mol. The van der Waals surface area contributed by atoms with E-state index in [1.165, 1.54) is 11.8 Å². The van der Waals surface area contributed by atoms with Crippen molar-refractivity contribution in [2.75, 3.05) is 14.1 Å². The summed E-state index contributed by atoms with van der Waals surface area (Å²) in [6.45, 7) is 3.07. The molecule has 28 heavy (non-hydrogen) atoms. The molecule has 0 bridgehead atoms. The Kier molecular flexibility index (Phi) is 7.87. The van der Waals surface area contributed by atoms with Gasteiger partial charge < -0.3 is 15.5 Å². The number of Topliss-reactive ketones (excluding diaryl/α,β-unsaturated/α-hetero) is 1. The Bertz CT molecular complexity index is 752. The topological polar surface area (TPSA) is 78.5 Å². The van der Waals surface area contributed by atoms with E-state index in [4.69, 9.17) is 23.2 Å². The first-order chi connectivity index (χ1) is 13.1. The highest BCUT2D eigenvalue weighted by atomic mass is 35.5. The van der Waals surface area contributed by atoms with E-state index in [0.29, 0.717) is 21.5 Å². The molecule has 1 aromatic carbocycles. The van der Waals surface area contributed by atoms with Gasteiger partial charge in [0, 0.05) is 23.5 Å². The van der Waals surface area contributed by atoms with Crippen LogP contribution >= 0.6 is 23.2 Å². The summed E-state index contributed by atoms with van der Waals surface area (Å²) >= 11 is 12.1. The van der Waals surface area contributed by atoms with Crippen LogP contribution < -0.4 is 10.6 Å². The zero-order valence-corrected chi connectivity index (χ0v) is 18.1. The second kappa shape index (κ2) is 9.72. The van der Waals surface area contributed by atoms with Crippen LogP contribution in [0.1, 0.15) is 32.3 Å². The predicted octanol–water partition coefficient (Wildman–Crippen LogP) is 2.45. The Morgan fingerprint density at radius 3 is 2.39 bits per heavy atom. The standard InChI is InChI=1S/C20H27Cl2N3O3/c1-11(25(4)20(28)18(23-3)13-5-6-13)19(27)24-17(12(2)26)9-14-7-8-15(21)10-16(14)22/h7-8,10-11,13,17-18,23H,5-6,9H2,1-4H3,(H,24,27)/t11-,17-,18+/m1/s1. The van der Waals surface area contributed by atoms with E-state index >= 15 is 0 Å². The van der Waals surface area contributed by atoms with Crippen LogP contribution in [0.15, 0.2) is 18.2 Å². The molecule has 0 spiro atoms. The van der Waals surface area contributed by atoms with Crippen LogP contribution in [0.4, 0.5) is 0 Å². The van der Waals surface area contributed by atoms with Crippen LogP contribution in [0.3, 0.4) is 0 Å². The largest absolute Gasteiger partial charge is 0.344 e. The van der Waals surface area contributed by atoms with Gasteiger partial charge in [-0.15, -0.1) is 0 Å². The average Bonchev–Trinajstić information content (AvgIpc) is 3.47. The summed E-state index contributed by atoms with van der Waals surface area (Å²) in [7, 11) is 3.36. The maximum absolute atomic E-state index is 12.7. The van der Waals surface area contributed by atoms with Gasteiger partial charge in [-0.1, -0.05) is 29.3 Å². The summed E-state index contributed by atoms with van der Waals surface area (Å²) in [5, 5.41) is 6.73. The number of benzene rings is 1. The van der Waals surface area contributed by atoms with Crippen LogP contribution in [0.5, 0.6) is 0 Å². The molecule has 1 aromatic rings. The lowest BCUT2D eigenvalue weighted by atomic mass is 10.0. The number of amides is 2. The lowest BCUT2D eigenvalue weighted by Gasteiger charge is -2.29. The number of rotatable bonds is 9. The van der Waals surface area contributed by atoms with Gasteiger partial charge in [-0.25, -0.2) is 0 Å². The van der Waals surface area contributed by atoms with Crippen molar-refractivity contribution in [3.63, 3.8) is 0 Å². The zero-order chi connectivity index (χ0) is 21.0. The van der Waals surface area contributed by atoms with Crippen molar-refractivity contribution >= 4 is 40.8 Å². The molecule has 0 unspecified atom stereocenters. The van der Waals surface area contributed by atoms with E-state index in [2.05, 4.69) is 10.6 Å². The minimum absolute atomic E-state index is 0.118. The van der Waals surface area contributed by atoms with Gasteiger partial charge in [-0.2, -0.15) is 0 Å². The number of nitrogens with zero attached hydrogens (tertiary/aromatic N) is 1. The highest BCUT2D eigenvalue weighted by Crippen LogP contribution is 2.33. The summed E-state index contributed by atoms with van der Waals surface area (Å²) in [6, 6.07) is 3.30. The number of ketones is 1. The fourth-order valence-corrected chi connectivity index (χ4v) is 3.56. The number of hydrogen-bond acceptors (Lipinski definition) is 4. The van der Waals surface area contributed by atoms with E-state index in [0.717, 1.165) is 12.8 Å². The molecule has 1 aliphatic carbocycles. The first kappa shape index (κ1) is 22.7. The number of carbonyl (C=O) groups is 3. The number of hydrogen-bond donors (Lipinski definition) is 2. The van der Waals surface area contributed by atoms with Gasteiger partial charge in [0.1, 0.15) is 6.04 Å². The van der Waals surface area contributed by atoms with Crippen LogP contribution in [-0.4, -0.2) is 54.7 Å². The van der Waals surface area contributed by atoms with Crippen LogP contribution in [-0.2, 0) is 20.8 Å². The number of nitrogens with one attached hydrogen (secondary N) is 2. The van der Waals surface area contributed by atoms with Crippen molar-refractivity contribution in [3.05, 3.63) is 33.8 Å². The molecule has 6 nitrogen and oxygen atoms in total. The Hall–Kier alpha value is -1.63. The molecule has 1 aliphatic rings. The first-order valence-corrected chi connectivity index (χ1v) is 10.1. The van der Waals surface area contributed by atoms with Gasteiger partial charge in [-0.05, 0) is 57.4 Å². The second-order valence-electron chi connectivity index (χ2n) is 7.34. The van der Waals surface area contributed by atoms with Crippen LogP contribution in [0, 0.1) is 5.92 Å². The maximum Gasteiger partial charge on any atom is 0.243 e. The Labute approximate surface area is 175 Å². The second-order valence-corrected chi connectivity index (χ2v) is 8.18. The molecule has 154 valence electrons. The quantitative estimate of drug-likeness (QED) is 0.634. The van der Waals surface area contributed by atoms with Gasteiger partial charge in [0.05, 0.1) is 12.1 Å². The van der Waals surface area contributed by atoms with Gasteiger partial charge in [0.2, 0.25) is 11.8 Å². The molecule has 2 N–H and O–H groups in total. The van der Waals surface area contributed by atoms with Crippen molar-refractivity contribution in [1.82, 2.24) is 15.5 Å². The van der Waals surface area contributed by atoms with E-state index in [-0.39, 0.29) is 30.1 Å². The minimum Gasteiger partial charge on any atom is -0.344 e. The summed E-state index contributed by atoms with van der Waals surface area (Å²) in [5.74, 6) is -0.363. The minimum atomic E-state index is -0.736. The predicted molar refractivity (Wildman–Crippen MR) is 111 cm³/mol. The Morgan fingerprint density at radius 2 is 1.89 bits per heavy atom. The van der Waals surface area contributed by atoms with Gasteiger partial charge >= 0.3 is 0 Å². The highest BCUT2D eigenvalue weighted by Gasteiger charge is 2.38. The van der Waals surface area contributed by atoms with Crippen molar-refractivity contribution in [2.45, 2.75) is 51.2 Å². The number of carbonyl (C=O) groups excluding carboxylic acids is 3. The molecule has 3 atom stereocenters. The van der Waals surface area contributed by atoms with E-state index in [1.54, 1.807) is 39.2 Å². The zero-order valence-electron chi connectivity index (χ0n) is 16.6. The third-order valence-electron chi connectivity index (χ3n) is 5.22. The highest BCUT2D eigenvalue weighted by molar-refractivity contribution is 6.35. The normalized spacial score (nSPS) is 16.8. The monoisotopic (exact) mass is 427 g/mol. The Morgan fingerprint density at radius 1 is 1.25 bits per heavy atom. The number of halogens is 2. The third-order valence-corrected chi connectivity index (χ3v) is 5.81. The SMILES string of the molecule is CN[C@H](C(=O)N(C)[C@H](C)C(=O)N[C@H](Cc1ccc(Cl)cc1Cl)C(C)=O)C1CC1. The fourth-order valence-electron chi connectivity index (χ4n) is 3.07. The lowest BCUT2D eigenvalue weighted by Crippen LogP contribution is -2.54. The van der Waals surface area contributed by atoms with E-state index < -0.39 is 12.1 Å². The summed E-state index contributed by atoms with van der Waals surface area (Å²) in [4.78, 5) is 38.9. The van der Waals surface area contributed by atoms with Crippen molar-refractivity contribution in [3.8, 4) is 0 Å². The van der Waals surface area contributed by atoms with Gasteiger partial charge in [-0.3, -0.25) is 14.4 Å². The molecule has 8 heteroatoms. The molecule has 0 heterocycles. The molecule has 2 amide bonds. The van der Waals surface area contributed by atoms with Crippen molar-refractivity contribution in [1.29, 1.82) is 0 Å². The lowest BCUT2D eigenvalue weighted by molar-refractivity contribution is -0.140. The maximum atomic E-state index is 12.7. The summed E-state index contributed by atoms with van der Waals surface area (Å²) in [6.07, 6.45) is 2.28. The summed E-state index contributed by atoms with van der Waals surface area (Å²) in [5.41, 5.74) is 0.715. The van der Waals surface area contributed by atoms with Crippen molar-refractivity contribution in [2.24, 2.45) is 5.92 Å². The molecule has 0 aliphatic heterocycles. The van der Waals surface area contributed by atoms with Crippen LogP contribution in [0.25, 0.3) is 0 Å². The summed E-state index contributed by atoms with van der Waals surface area (Å²) < 4.78 is 0. The van der Waals surface area contributed by atoms with E-state index in [9.17, 15) is 14.4 Å². The molecule has 0 aromatic heterocycles. The number of likely N-dealkylation sites (N-methyl/N-ethyl adjacent to an activating group) is 2. The average molecular weight is 428 g/mol. The fraction of sp³-hybridized carbons (Fsp3) is 0.550. The first-order valence-electron chi connectivity index (χ1n) is 9.34. The smallest absolute Gasteiger partial charge is 0.243 e. The van der Waals surface area contributed by atoms with Gasteiger partial charge in [0.15, 0.2) is 5.78 Å². The van der Waals surface area contributed by atoms with E-state index in [1.807, 2.05) is 0 Å². The van der Waals surface area contributed by atoms with Crippen molar-refractivity contribution < 1.29 is 14.4 Å². The molecule has 1 fully saturated rings. The van der Waals surface area contributed by atoms with Crippen LogP contribution in [0.2, 0.25) is 10.0 Å².